The van der Waals surface area contributed by atoms with E-state index >= 15 is 0 Å². The van der Waals surface area contributed by atoms with Gasteiger partial charge < -0.3 is 56.3 Å². The van der Waals surface area contributed by atoms with E-state index in [9.17, 15) is 0 Å². The average Bonchev–Trinajstić information content (AvgIpc) is 2.32. The Kier molecular flexibility index (Phi) is 13.1. The van der Waals surface area contributed by atoms with Crippen molar-refractivity contribution in [2.75, 3.05) is 0 Å². The molecule has 2 heterocycles. The van der Waals surface area contributed by atoms with Gasteiger partial charge in [0.2, 0.25) is 0 Å². The minimum absolute atomic E-state index is 0. The van der Waals surface area contributed by atoms with Crippen molar-refractivity contribution in [1.29, 1.82) is 0 Å². The Morgan fingerprint density at radius 2 is 1.22 bits per heavy atom. The van der Waals surface area contributed by atoms with Gasteiger partial charge >= 0.3 is 0 Å². The van der Waals surface area contributed by atoms with E-state index in [1.807, 2.05) is 24.5 Å². The monoisotopic (exact) mass is 436 g/mol. The summed E-state index contributed by atoms with van der Waals surface area (Å²) in [5, 5.41) is 3.34. The van der Waals surface area contributed by atoms with Gasteiger partial charge in [0, 0.05) is 37.9 Å². The molecule has 0 bridgehead atoms. The highest BCUT2D eigenvalue weighted by molar-refractivity contribution is 5.10. The highest BCUT2D eigenvalue weighted by Crippen LogP contribution is 1.97. The summed E-state index contributed by atoms with van der Waals surface area (Å²) in [6.07, 6.45) is 7.31. The molecule has 3 nitrogen and oxygen atoms in total. The quantitative estimate of drug-likeness (QED) is 0.515. The lowest BCUT2D eigenvalue weighted by molar-refractivity contribution is -0.00100. The Morgan fingerprint density at radius 1 is 0.778 bits per heavy atom. The van der Waals surface area contributed by atoms with Crippen LogP contribution in [0.25, 0.3) is 0 Å². The van der Waals surface area contributed by atoms with Crippen LogP contribution < -0.4 is 56.3 Å². The summed E-state index contributed by atoms with van der Waals surface area (Å²) in [4.78, 5) is 8.12. The highest BCUT2D eigenvalue weighted by Gasteiger charge is 1.93. The molecule has 1 N–H and O–H groups in total. The van der Waals surface area contributed by atoms with Crippen molar-refractivity contribution in [3.05, 3.63) is 60.2 Å². The second-order valence-electron chi connectivity index (χ2n) is 3.33. The van der Waals surface area contributed by atoms with E-state index in [4.69, 9.17) is 0 Å². The first-order valence-corrected chi connectivity index (χ1v) is 4.94. The number of rotatable bonds is 4. The Morgan fingerprint density at radius 3 is 1.56 bits per heavy atom. The molecule has 0 unspecified atom stereocenters. The molecule has 100 valence electrons. The average molecular weight is 439 g/mol. The summed E-state index contributed by atoms with van der Waals surface area (Å²) in [7, 11) is 0. The maximum absolute atomic E-state index is 4.06. The van der Waals surface area contributed by atoms with Gasteiger partial charge in [-0.3, -0.25) is 9.97 Å². The zero-order valence-electron chi connectivity index (χ0n) is 9.56. The molecule has 18 heavy (non-hydrogen) atoms. The summed E-state index contributed by atoms with van der Waals surface area (Å²) in [5.74, 6) is 0. The van der Waals surface area contributed by atoms with Gasteiger partial charge in [-0.2, -0.15) is 0 Å². The zero-order valence-corrected chi connectivity index (χ0v) is 14.3. The zero-order chi connectivity index (χ0) is 10.3. The van der Waals surface area contributed by atoms with Crippen molar-refractivity contribution in [3.8, 4) is 0 Å². The minimum Gasteiger partial charge on any atom is -1.00 e. The van der Waals surface area contributed by atoms with Gasteiger partial charge in [-0.15, -0.1) is 0 Å². The smallest absolute Gasteiger partial charge is 0.0312 e. The van der Waals surface area contributed by atoms with E-state index in [1.54, 1.807) is 12.4 Å². The third kappa shape index (κ3) is 7.20. The first-order chi connectivity index (χ1) is 7.45. The fourth-order valence-corrected chi connectivity index (χ4v) is 1.36. The molecular weight excluding hydrogens is 426 g/mol. The molecule has 0 saturated carbocycles. The maximum atomic E-state index is 4.06. The topological polar surface area (TPSA) is 37.8 Å². The van der Waals surface area contributed by atoms with E-state index in [2.05, 4.69) is 27.4 Å². The van der Waals surface area contributed by atoms with Crippen LogP contribution in [0.4, 0.5) is 0 Å². The number of hydrogen-bond donors (Lipinski definition) is 1. The molecule has 0 amide bonds. The largest absolute Gasteiger partial charge is 1.00 e. The van der Waals surface area contributed by atoms with Crippen LogP contribution in [0.1, 0.15) is 11.1 Å². The van der Waals surface area contributed by atoms with Gasteiger partial charge in [-0.1, -0.05) is 12.1 Å². The molecule has 0 radical (unpaired) electrons. The summed E-state index contributed by atoms with van der Waals surface area (Å²) < 4.78 is 0. The van der Waals surface area contributed by atoms with Crippen LogP contribution >= 0.6 is 0 Å². The Bertz CT molecular complexity index is 358. The van der Waals surface area contributed by atoms with E-state index < -0.39 is 0 Å². The molecule has 0 aliphatic heterocycles. The lowest BCUT2D eigenvalue weighted by Crippen LogP contribution is -3.00. The van der Waals surface area contributed by atoms with Crippen molar-refractivity contribution in [1.82, 2.24) is 15.3 Å². The van der Waals surface area contributed by atoms with Gasteiger partial charge in [0.15, 0.2) is 0 Å². The Labute approximate surface area is 139 Å². The second kappa shape index (κ2) is 11.8. The lowest BCUT2D eigenvalue weighted by Gasteiger charge is -2.03. The second-order valence-corrected chi connectivity index (χ2v) is 3.33. The van der Waals surface area contributed by atoms with Crippen molar-refractivity contribution in [2.45, 2.75) is 13.1 Å². The molecule has 0 atom stereocenters. The van der Waals surface area contributed by atoms with Crippen LogP contribution in [0.5, 0.6) is 0 Å². The fourth-order valence-electron chi connectivity index (χ4n) is 1.36. The molecule has 0 aliphatic carbocycles. The minimum atomic E-state index is 0. The number of halogens is 3. The van der Waals surface area contributed by atoms with Crippen LogP contribution in [-0.2, 0) is 13.1 Å². The van der Waals surface area contributed by atoms with Crippen molar-refractivity contribution in [2.24, 2.45) is 0 Å². The predicted molar refractivity (Wildman–Crippen MR) is 59.0 cm³/mol. The van der Waals surface area contributed by atoms with Crippen molar-refractivity contribution >= 4 is 0 Å². The molecule has 2 aromatic heterocycles. The lowest BCUT2D eigenvalue weighted by atomic mass is 10.2. The van der Waals surface area contributed by atoms with E-state index in [0.29, 0.717) is 0 Å². The fraction of sp³-hybridized carbons (Fsp3) is 0.167. The summed E-state index contributed by atoms with van der Waals surface area (Å²) in [5.41, 5.74) is 2.39. The van der Waals surface area contributed by atoms with E-state index in [1.165, 1.54) is 11.1 Å². The van der Waals surface area contributed by atoms with Gasteiger partial charge in [0.1, 0.15) is 0 Å². The summed E-state index contributed by atoms with van der Waals surface area (Å²) >= 11 is 0. The van der Waals surface area contributed by atoms with E-state index in [-0.39, 0.29) is 50.9 Å². The van der Waals surface area contributed by atoms with Crippen LogP contribution in [-0.4, -0.2) is 9.97 Å². The third-order valence-electron chi connectivity index (χ3n) is 2.10. The number of nitrogens with one attached hydrogen (secondary N) is 1. The van der Waals surface area contributed by atoms with Crippen LogP contribution in [0.3, 0.4) is 0 Å². The predicted octanol–water partition coefficient (Wildman–Crippen LogP) is -7.22. The molecular formula is C12H13Br3N3-3. The van der Waals surface area contributed by atoms with Gasteiger partial charge in [-0.05, 0) is 23.3 Å². The highest BCUT2D eigenvalue weighted by atomic mass is 79.9. The first-order valence-electron chi connectivity index (χ1n) is 4.94. The van der Waals surface area contributed by atoms with Crippen molar-refractivity contribution < 1.29 is 50.9 Å². The molecule has 2 aromatic rings. The summed E-state index contributed by atoms with van der Waals surface area (Å²) in [6, 6.07) is 8.01. The number of hydrogen-bond acceptors (Lipinski definition) is 3. The SMILES string of the molecule is [Br-].[Br-].[Br-].c1cncc(CNCc2cccnc2)c1. The number of nitrogens with zero attached hydrogens (tertiary/aromatic N) is 2. The molecule has 0 aromatic carbocycles. The van der Waals surface area contributed by atoms with Crippen molar-refractivity contribution in [3.63, 3.8) is 0 Å². The van der Waals surface area contributed by atoms with Crippen LogP contribution in [0.2, 0.25) is 0 Å². The maximum Gasteiger partial charge on any atom is 0.0312 e. The molecule has 0 aliphatic rings. The molecule has 0 spiro atoms. The van der Waals surface area contributed by atoms with Crippen LogP contribution in [0.15, 0.2) is 49.1 Å². The third-order valence-corrected chi connectivity index (χ3v) is 2.10. The Balaban J connectivity index is 0. The first kappa shape index (κ1) is 20.0. The van der Waals surface area contributed by atoms with E-state index in [0.717, 1.165) is 13.1 Å². The number of aromatic nitrogens is 2. The normalized spacial score (nSPS) is 8.44. The molecule has 2 rings (SSSR count). The van der Waals surface area contributed by atoms with Gasteiger partial charge in [-0.25, -0.2) is 0 Å². The van der Waals surface area contributed by atoms with Gasteiger partial charge in [0.25, 0.3) is 0 Å². The molecule has 0 saturated heterocycles. The standard InChI is InChI=1S/C12H13N3.3BrH/c1-3-11(7-13-5-1)9-15-10-12-4-2-6-14-8-12;;;/h1-8,15H,9-10H2;3*1H/p-3. The Hall–Kier alpha value is -0.300. The van der Waals surface area contributed by atoms with Gasteiger partial charge in [0.05, 0.1) is 0 Å². The summed E-state index contributed by atoms with van der Waals surface area (Å²) in [6.45, 7) is 1.67. The van der Waals surface area contributed by atoms with Crippen LogP contribution in [0, 0.1) is 0 Å². The molecule has 0 fully saturated rings. The number of pyridine rings is 2. The molecule has 6 heteroatoms.